The van der Waals surface area contributed by atoms with Crippen molar-refractivity contribution in [1.82, 2.24) is 5.32 Å². The van der Waals surface area contributed by atoms with Crippen molar-refractivity contribution in [2.24, 2.45) is 0 Å². The molecule has 0 aromatic heterocycles. The second-order valence-corrected chi connectivity index (χ2v) is 17.9. The van der Waals surface area contributed by atoms with E-state index in [1.165, 1.54) is 141 Å². The number of phosphoric acid groups is 1. The molecule has 0 spiro atoms. The molecule has 314 valence electrons. The lowest BCUT2D eigenvalue weighted by Gasteiger charge is -2.25. The number of aliphatic hydroxyl groups is 1. The van der Waals surface area contributed by atoms with E-state index >= 15 is 0 Å². The predicted octanol–water partition coefficient (Wildman–Crippen LogP) is 12.1. The molecule has 0 rings (SSSR count). The Morgan fingerprint density at radius 3 is 1.53 bits per heavy atom. The molecule has 0 bridgehead atoms. The number of unbranched alkanes of at least 4 members (excludes halogenated alkanes) is 25. The van der Waals surface area contributed by atoms with E-state index < -0.39 is 20.0 Å². The number of quaternary nitrogens is 1. The fourth-order valence-corrected chi connectivity index (χ4v) is 7.07. The third-order valence-corrected chi connectivity index (χ3v) is 10.9. The smallest absolute Gasteiger partial charge is 0.387 e. The van der Waals surface area contributed by atoms with Gasteiger partial charge in [-0.3, -0.25) is 13.8 Å². The number of nitrogens with one attached hydrogen (secondary N) is 1. The Labute approximate surface area is 328 Å². The van der Waals surface area contributed by atoms with Gasteiger partial charge in [-0.15, -0.1) is 0 Å². The first kappa shape index (κ1) is 52.0. The zero-order valence-corrected chi connectivity index (χ0v) is 36.4. The highest BCUT2D eigenvalue weighted by Crippen LogP contribution is 2.43. The van der Waals surface area contributed by atoms with Crippen LogP contribution in [0.15, 0.2) is 24.3 Å². The molecule has 0 aromatic carbocycles. The van der Waals surface area contributed by atoms with E-state index in [4.69, 9.17) is 9.05 Å². The zero-order chi connectivity index (χ0) is 39.3. The molecule has 0 aliphatic heterocycles. The molecular weight excluding hydrogens is 683 g/mol. The van der Waals surface area contributed by atoms with Crippen molar-refractivity contribution in [1.29, 1.82) is 0 Å². The highest BCUT2D eigenvalue weighted by atomic mass is 31.2. The van der Waals surface area contributed by atoms with Gasteiger partial charge in [-0.1, -0.05) is 179 Å². The number of likely N-dealkylation sites (N-methyl/N-ethyl adjacent to an activating group) is 1. The number of carbonyl (C=O) groups is 1. The molecule has 0 heterocycles. The average molecular weight is 772 g/mol. The van der Waals surface area contributed by atoms with Crippen LogP contribution < -0.4 is 5.32 Å². The van der Waals surface area contributed by atoms with Crippen molar-refractivity contribution in [3.8, 4) is 0 Å². The Bertz CT molecular complexity index is 922. The summed E-state index contributed by atoms with van der Waals surface area (Å²) in [6.07, 6.45) is 42.4. The molecular formula is C44H88N2O6P+. The highest BCUT2D eigenvalue weighted by Gasteiger charge is 2.27. The maximum Gasteiger partial charge on any atom is 0.472 e. The van der Waals surface area contributed by atoms with E-state index in [-0.39, 0.29) is 19.1 Å². The summed E-state index contributed by atoms with van der Waals surface area (Å²) in [6.45, 7) is 4.76. The molecule has 0 aliphatic rings. The topological polar surface area (TPSA) is 105 Å². The number of hydrogen-bond acceptors (Lipinski definition) is 5. The Balaban J connectivity index is 4.37. The summed E-state index contributed by atoms with van der Waals surface area (Å²) >= 11 is 0. The predicted molar refractivity (Wildman–Crippen MR) is 226 cm³/mol. The maximum absolute atomic E-state index is 12.9. The molecule has 0 fully saturated rings. The third kappa shape index (κ3) is 39.0. The minimum atomic E-state index is -4.33. The van der Waals surface area contributed by atoms with Gasteiger partial charge in [0.2, 0.25) is 5.91 Å². The van der Waals surface area contributed by atoms with E-state index in [1.54, 1.807) is 6.08 Å². The van der Waals surface area contributed by atoms with Crippen molar-refractivity contribution in [3.63, 3.8) is 0 Å². The molecule has 8 nitrogen and oxygen atoms in total. The molecule has 3 N–H and O–H groups in total. The summed E-state index contributed by atoms with van der Waals surface area (Å²) in [7, 11) is 1.57. The summed E-state index contributed by atoms with van der Waals surface area (Å²) in [5, 5.41) is 13.8. The van der Waals surface area contributed by atoms with Crippen LogP contribution in [0.4, 0.5) is 0 Å². The summed E-state index contributed by atoms with van der Waals surface area (Å²) in [5.41, 5.74) is 0. The van der Waals surface area contributed by atoms with Gasteiger partial charge in [0.05, 0.1) is 39.9 Å². The lowest BCUT2D eigenvalue weighted by atomic mass is 10.0. The number of allylic oxidation sites excluding steroid dienone is 3. The average Bonchev–Trinajstić information content (AvgIpc) is 3.10. The van der Waals surface area contributed by atoms with Crippen LogP contribution in [0, 0.1) is 0 Å². The van der Waals surface area contributed by atoms with E-state index in [2.05, 4.69) is 31.3 Å². The minimum Gasteiger partial charge on any atom is -0.387 e. The lowest BCUT2D eigenvalue weighted by molar-refractivity contribution is -0.870. The number of nitrogens with zero attached hydrogens (tertiary/aromatic N) is 1. The Kier molecular flexibility index (Phi) is 35.9. The number of aliphatic hydroxyl groups excluding tert-OH is 1. The maximum atomic E-state index is 12.9. The minimum absolute atomic E-state index is 0.0616. The number of carbonyl (C=O) groups excluding carboxylic acids is 1. The number of hydrogen-bond donors (Lipinski definition) is 3. The largest absolute Gasteiger partial charge is 0.472 e. The normalized spacial score (nSPS) is 14.6. The molecule has 1 amide bonds. The summed E-state index contributed by atoms with van der Waals surface area (Å²) in [5.74, 6) is -0.179. The van der Waals surface area contributed by atoms with Gasteiger partial charge in [0.1, 0.15) is 13.2 Å². The third-order valence-electron chi connectivity index (χ3n) is 9.90. The monoisotopic (exact) mass is 772 g/mol. The molecule has 0 radical (unpaired) electrons. The Hall–Kier alpha value is -1.02. The Morgan fingerprint density at radius 1 is 0.623 bits per heavy atom. The lowest BCUT2D eigenvalue weighted by Crippen LogP contribution is -2.45. The summed E-state index contributed by atoms with van der Waals surface area (Å²) in [4.78, 5) is 23.1. The van der Waals surface area contributed by atoms with Gasteiger partial charge in [-0.25, -0.2) is 4.57 Å². The van der Waals surface area contributed by atoms with Crippen LogP contribution in [0.1, 0.15) is 200 Å². The molecule has 1 unspecified atom stereocenters. The van der Waals surface area contributed by atoms with E-state index in [9.17, 15) is 19.4 Å². The van der Waals surface area contributed by atoms with Gasteiger partial charge in [0, 0.05) is 6.42 Å². The second-order valence-electron chi connectivity index (χ2n) is 16.4. The SMILES string of the molecule is CCC/C=C/CCCCCCCC/C=C/[C@@H](O)[C@H](COP(=O)(O)OCC[N+](C)(C)C)NC(=O)CCCCCCCCCCCCCCCCCCCC. The van der Waals surface area contributed by atoms with Crippen LogP contribution in [-0.2, 0) is 18.4 Å². The molecule has 53 heavy (non-hydrogen) atoms. The quantitative estimate of drug-likeness (QED) is 0.0248. The van der Waals surface area contributed by atoms with Gasteiger partial charge in [0.15, 0.2) is 0 Å². The van der Waals surface area contributed by atoms with E-state index in [0.29, 0.717) is 17.4 Å². The van der Waals surface area contributed by atoms with Crippen molar-refractivity contribution < 1.29 is 32.9 Å². The standard InChI is InChI=1S/C44H87N2O6P/c1-6-8-10-12-14-16-18-20-21-22-23-24-26-28-30-32-34-36-38-44(48)45-42(41-52-53(49,50)51-40-39-46(3,4)5)43(47)37-35-33-31-29-27-25-19-17-15-13-11-9-7-2/h11,13,35,37,42-43,47H,6-10,12,14-34,36,38-41H2,1-5H3,(H-,45,48,49,50)/p+1/b13-11+,37-35+/t42-,43+/m0/s1. The van der Waals surface area contributed by atoms with Gasteiger partial charge in [-0.05, 0) is 38.5 Å². The second kappa shape index (κ2) is 36.6. The van der Waals surface area contributed by atoms with Crippen LogP contribution in [0.2, 0.25) is 0 Å². The number of phosphoric ester groups is 1. The van der Waals surface area contributed by atoms with Gasteiger partial charge < -0.3 is 19.8 Å². The molecule has 9 heteroatoms. The first-order valence-electron chi connectivity index (χ1n) is 22.2. The number of amides is 1. The van der Waals surface area contributed by atoms with Crippen molar-refractivity contribution in [3.05, 3.63) is 24.3 Å². The van der Waals surface area contributed by atoms with Crippen LogP contribution in [0.3, 0.4) is 0 Å². The fourth-order valence-electron chi connectivity index (χ4n) is 6.34. The molecule has 0 saturated carbocycles. The van der Waals surface area contributed by atoms with Crippen molar-refractivity contribution in [2.45, 2.75) is 212 Å². The molecule has 0 saturated heterocycles. The first-order valence-corrected chi connectivity index (χ1v) is 23.7. The van der Waals surface area contributed by atoms with Gasteiger partial charge >= 0.3 is 7.82 Å². The van der Waals surface area contributed by atoms with Crippen LogP contribution in [0.5, 0.6) is 0 Å². The van der Waals surface area contributed by atoms with Crippen LogP contribution >= 0.6 is 7.82 Å². The van der Waals surface area contributed by atoms with E-state index in [1.807, 2.05) is 27.2 Å². The summed E-state index contributed by atoms with van der Waals surface area (Å²) < 4.78 is 23.5. The van der Waals surface area contributed by atoms with Crippen LogP contribution in [-0.4, -0.2) is 73.4 Å². The fraction of sp³-hybridized carbons (Fsp3) is 0.886. The molecule has 0 aliphatic carbocycles. The van der Waals surface area contributed by atoms with Crippen molar-refractivity contribution >= 4 is 13.7 Å². The van der Waals surface area contributed by atoms with Crippen molar-refractivity contribution in [2.75, 3.05) is 40.9 Å². The number of rotatable bonds is 40. The molecule has 0 aromatic rings. The van der Waals surface area contributed by atoms with Crippen LogP contribution in [0.25, 0.3) is 0 Å². The first-order chi connectivity index (χ1) is 25.5. The van der Waals surface area contributed by atoms with Gasteiger partial charge in [-0.2, -0.15) is 0 Å². The zero-order valence-electron chi connectivity index (χ0n) is 35.5. The molecule has 3 atom stereocenters. The van der Waals surface area contributed by atoms with Gasteiger partial charge in [0.25, 0.3) is 0 Å². The summed E-state index contributed by atoms with van der Waals surface area (Å²) in [6, 6.07) is -0.844. The Morgan fingerprint density at radius 2 is 1.06 bits per heavy atom. The highest BCUT2D eigenvalue weighted by molar-refractivity contribution is 7.47. The van der Waals surface area contributed by atoms with E-state index in [0.717, 1.165) is 38.5 Å².